The number of carbonyl (C=O) groups is 1. The number of rotatable bonds is 4. The Bertz CT molecular complexity index is 817. The number of aromatic nitrogens is 4. The van der Waals surface area contributed by atoms with Gasteiger partial charge in [-0.1, -0.05) is 11.8 Å². The largest absolute Gasteiger partial charge is 0.322 e. The molecule has 0 aliphatic carbocycles. The number of nitrogens with one attached hydrogen (secondary N) is 1. The van der Waals surface area contributed by atoms with Crippen molar-refractivity contribution in [1.29, 1.82) is 0 Å². The summed E-state index contributed by atoms with van der Waals surface area (Å²) in [5, 5.41) is 14.8. The number of tetrazole rings is 1. The van der Waals surface area contributed by atoms with Crippen molar-refractivity contribution in [3.8, 4) is 5.69 Å². The molecule has 1 N–H and O–H groups in total. The van der Waals surface area contributed by atoms with E-state index in [0.717, 1.165) is 5.69 Å². The van der Waals surface area contributed by atoms with Crippen molar-refractivity contribution >= 4 is 23.4 Å². The van der Waals surface area contributed by atoms with Crippen molar-refractivity contribution in [2.45, 2.75) is 5.16 Å². The van der Waals surface area contributed by atoms with Gasteiger partial charge in [0.2, 0.25) is 5.16 Å². The summed E-state index contributed by atoms with van der Waals surface area (Å²) in [7, 11) is 0. The number of nitrogens with zero attached hydrogens (tertiary/aromatic N) is 4. The van der Waals surface area contributed by atoms with E-state index in [0.29, 0.717) is 16.4 Å². The van der Waals surface area contributed by atoms with E-state index in [1.165, 1.54) is 36.0 Å². The lowest BCUT2D eigenvalue weighted by Crippen LogP contribution is -2.12. The predicted molar refractivity (Wildman–Crippen MR) is 85.3 cm³/mol. The average molecular weight is 329 g/mol. The van der Waals surface area contributed by atoms with Crippen molar-refractivity contribution in [2.24, 2.45) is 0 Å². The number of hydrogen-bond donors (Lipinski definition) is 1. The highest BCUT2D eigenvalue weighted by atomic mass is 32.2. The van der Waals surface area contributed by atoms with Crippen LogP contribution in [0.4, 0.5) is 10.1 Å². The quantitative estimate of drug-likeness (QED) is 0.745. The second kappa shape index (κ2) is 6.57. The molecule has 6 nitrogen and oxygen atoms in total. The Kier molecular flexibility index (Phi) is 4.33. The minimum Gasteiger partial charge on any atom is -0.322 e. The van der Waals surface area contributed by atoms with Crippen molar-refractivity contribution < 1.29 is 9.18 Å². The number of benzene rings is 2. The van der Waals surface area contributed by atoms with Gasteiger partial charge >= 0.3 is 0 Å². The van der Waals surface area contributed by atoms with E-state index in [2.05, 4.69) is 20.8 Å². The van der Waals surface area contributed by atoms with Crippen LogP contribution in [0.25, 0.3) is 5.69 Å². The first-order chi connectivity index (χ1) is 11.2. The molecule has 0 aliphatic heterocycles. The molecule has 3 aromatic rings. The lowest BCUT2D eigenvalue weighted by molar-refractivity contribution is 0.102. The van der Waals surface area contributed by atoms with Crippen LogP contribution in [0.2, 0.25) is 0 Å². The van der Waals surface area contributed by atoms with E-state index in [-0.39, 0.29) is 11.7 Å². The summed E-state index contributed by atoms with van der Waals surface area (Å²) < 4.78 is 14.4. The maximum Gasteiger partial charge on any atom is 0.255 e. The molecule has 1 aromatic heterocycles. The Morgan fingerprint density at radius 1 is 1.13 bits per heavy atom. The summed E-state index contributed by atoms with van der Waals surface area (Å²) in [6.07, 6.45) is 1.88. The van der Waals surface area contributed by atoms with Gasteiger partial charge in [0.05, 0.1) is 5.69 Å². The second-order valence-electron chi connectivity index (χ2n) is 4.59. The summed E-state index contributed by atoms with van der Waals surface area (Å²) in [6.45, 7) is 0. The maximum atomic E-state index is 12.9. The third kappa shape index (κ3) is 3.37. The third-order valence-corrected chi connectivity index (χ3v) is 3.72. The van der Waals surface area contributed by atoms with Crippen LogP contribution < -0.4 is 5.32 Å². The fraction of sp³-hybridized carbons (Fsp3) is 0.0667. The first-order valence-corrected chi connectivity index (χ1v) is 7.89. The van der Waals surface area contributed by atoms with Crippen LogP contribution in [-0.2, 0) is 0 Å². The summed E-state index contributed by atoms with van der Waals surface area (Å²) in [4.78, 5) is 12.2. The highest BCUT2D eigenvalue weighted by molar-refractivity contribution is 7.98. The topological polar surface area (TPSA) is 72.7 Å². The summed E-state index contributed by atoms with van der Waals surface area (Å²) in [6, 6.07) is 12.5. The fourth-order valence-corrected chi connectivity index (χ4v) is 2.39. The maximum absolute atomic E-state index is 12.9. The molecule has 1 amide bonds. The zero-order valence-electron chi connectivity index (χ0n) is 12.1. The van der Waals surface area contributed by atoms with E-state index in [1.807, 2.05) is 6.26 Å². The molecular formula is C15H12FN5OS. The second-order valence-corrected chi connectivity index (χ2v) is 5.36. The number of carbonyl (C=O) groups excluding carboxylic acids is 1. The molecule has 116 valence electrons. The molecular weight excluding hydrogens is 317 g/mol. The SMILES string of the molecule is CSc1nnnn1-c1ccc(C(=O)Nc2ccc(F)cc2)cc1. The van der Waals surface area contributed by atoms with Crippen LogP contribution >= 0.6 is 11.8 Å². The number of amides is 1. The molecule has 2 aromatic carbocycles. The summed E-state index contributed by atoms with van der Waals surface area (Å²) >= 11 is 1.43. The molecule has 3 rings (SSSR count). The predicted octanol–water partition coefficient (Wildman–Crippen LogP) is 2.78. The first-order valence-electron chi connectivity index (χ1n) is 6.67. The van der Waals surface area contributed by atoms with Gasteiger partial charge in [-0.05, 0) is 65.2 Å². The lowest BCUT2D eigenvalue weighted by atomic mass is 10.2. The normalized spacial score (nSPS) is 10.5. The Morgan fingerprint density at radius 3 is 2.48 bits per heavy atom. The Labute approximate surface area is 135 Å². The van der Waals surface area contributed by atoms with Crippen molar-refractivity contribution in [3.63, 3.8) is 0 Å². The molecule has 0 radical (unpaired) electrons. The van der Waals surface area contributed by atoms with Crippen LogP contribution in [0.5, 0.6) is 0 Å². The van der Waals surface area contributed by atoms with Crippen LogP contribution in [0.3, 0.4) is 0 Å². The first kappa shape index (κ1) is 15.2. The zero-order valence-corrected chi connectivity index (χ0v) is 12.9. The van der Waals surface area contributed by atoms with Gasteiger partial charge in [0, 0.05) is 11.3 Å². The highest BCUT2D eigenvalue weighted by Crippen LogP contribution is 2.16. The minimum atomic E-state index is -0.349. The molecule has 0 fully saturated rings. The van der Waals surface area contributed by atoms with Gasteiger partial charge in [0.15, 0.2) is 0 Å². The average Bonchev–Trinajstić information content (AvgIpc) is 3.06. The van der Waals surface area contributed by atoms with Crippen molar-refractivity contribution in [3.05, 3.63) is 59.9 Å². The van der Waals surface area contributed by atoms with Crippen molar-refractivity contribution in [1.82, 2.24) is 20.2 Å². The molecule has 8 heteroatoms. The monoisotopic (exact) mass is 329 g/mol. The Morgan fingerprint density at radius 2 is 1.83 bits per heavy atom. The van der Waals surface area contributed by atoms with Gasteiger partial charge < -0.3 is 5.32 Å². The van der Waals surface area contributed by atoms with Crippen LogP contribution in [-0.4, -0.2) is 32.4 Å². The number of hydrogen-bond acceptors (Lipinski definition) is 5. The number of thioether (sulfide) groups is 1. The van der Waals surface area contributed by atoms with E-state index in [9.17, 15) is 9.18 Å². The summed E-state index contributed by atoms with van der Waals surface area (Å²) in [5.41, 5.74) is 1.78. The standard InChI is InChI=1S/C15H12FN5OS/c1-23-15-18-19-20-21(15)13-8-2-10(3-9-13)14(22)17-12-6-4-11(16)5-7-12/h2-9H,1H3,(H,17,22). The van der Waals surface area contributed by atoms with Crippen LogP contribution in [0, 0.1) is 5.82 Å². The van der Waals surface area contributed by atoms with Crippen LogP contribution in [0.1, 0.15) is 10.4 Å². The van der Waals surface area contributed by atoms with Gasteiger partial charge in [0.1, 0.15) is 5.82 Å². The number of anilines is 1. The molecule has 1 heterocycles. The third-order valence-electron chi connectivity index (χ3n) is 3.10. The molecule has 0 saturated carbocycles. The Balaban J connectivity index is 1.76. The van der Waals surface area contributed by atoms with Gasteiger partial charge in [-0.25, -0.2) is 4.39 Å². The highest BCUT2D eigenvalue weighted by Gasteiger charge is 2.09. The lowest BCUT2D eigenvalue weighted by Gasteiger charge is -2.07. The minimum absolute atomic E-state index is 0.273. The van der Waals surface area contributed by atoms with Gasteiger partial charge in [0.25, 0.3) is 5.91 Å². The molecule has 0 saturated heterocycles. The van der Waals surface area contributed by atoms with Gasteiger partial charge in [-0.15, -0.1) is 5.10 Å². The number of halogens is 1. The molecule has 0 bridgehead atoms. The fourth-order valence-electron chi connectivity index (χ4n) is 1.96. The van der Waals surface area contributed by atoms with Gasteiger partial charge in [-0.2, -0.15) is 4.68 Å². The van der Waals surface area contributed by atoms with E-state index < -0.39 is 0 Å². The summed E-state index contributed by atoms with van der Waals surface area (Å²) in [5.74, 6) is -0.622. The van der Waals surface area contributed by atoms with E-state index in [4.69, 9.17) is 0 Å². The molecule has 0 atom stereocenters. The smallest absolute Gasteiger partial charge is 0.255 e. The molecule has 23 heavy (non-hydrogen) atoms. The molecule has 0 unspecified atom stereocenters. The Hall–Kier alpha value is -2.74. The van der Waals surface area contributed by atoms with E-state index >= 15 is 0 Å². The molecule has 0 aliphatic rings. The van der Waals surface area contributed by atoms with Crippen molar-refractivity contribution in [2.75, 3.05) is 11.6 Å². The van der Waals surface area contributed by atoms with Crippen LogP contribution in [0.15, 0.2) is 53.7 Å². The van der Waals surface area contributed by atoms with E-state index in [1.54, 1.807) is 28.9 Å². The molecule has 0 spiro atoms. The van der Waals surface area contributed by atoms with Gasteiger partial charge in [-0.3, -0.25) is 4.79 Å². The zero-order chi connectivity index (χ0) is 16.2.